The number of nitrogens with two attached hydrogens (primary N) is 1. The third kappa shape index (κ3) is 2.12. The quantitative estimate of drug-likeness (QED) is 0.779. The summed E-state index contributed by atoms with van der Waals surface area (Å²) in [5.74, 6) is 0.809. The van der Waals surface area contributed by atoms with E-state index in [9.17, 15) is 0 Å². The van der Waals surface area contributed by atoms with Gasteiger partial charge in [-0.15, -0.1) is 11.3 Å². The van der Waals surface area contributed by atoms with E-state index < -0.39 is 0 Å². The largest absolute Gasteiger partial charge is 0.375 e. The standard InChI is InChI=1S/C10H6BrN5OS/c11-6-1-5(2-13-3-6)8-15-9(17-16-8)7-4-18-10(12)14-7/h1-4H,(H2,12,14). The second kappa shape index (κ2) is 4.46. The van der Waals surface area contributed by atoms with Gasteiger partial charge in [-0.05, 0) is 22.0 Å². The molecule has 0 saturated carbocycles. The lowest BCUT2D eigenvalue weighted by atomic mass is 10.3. The van der Waals surface area contributed by atoms with Gasteiger partial charge in [0.15, 0.2) is 5.13 Å². The minimum Gasteiger partial charge on any atom is -0.375 e. The average molecular weight is 324 g/mol. The highest BCUT2D eigenvalue weighted by Gasteiger charge is 2.13. The van der Waals surface area contributed by atoms with E-state index in [-0.39, 0.29) is 0 Å². The second-order valence-corrected chi connectivity index (χ2v) is 5.19. The van der Waals surface area contributed by atoms with Gasteiger partial charge in [0.1, 0.15) is 5.69 Å². The molecule has 0 atom stereocenters. The molecule has 3 aromatic rings. The van der Waals surface area contributed by atoms with Crippen LogP contribution >= 0.6 is 27.3 Å². The molecule has 18 heavy (non-hydrogen) atoms. The van der Waals surface area contributed by atoms with Crippen LogP contribution in [0.4, 0.5) is 5.13 Å². The molecule has 0 aromatic carbocycles. The lowest BCUT2D eigenvalue weighted by Crippen LogP contribution is -1.84. The Bertz CT molecular complexity index is 695. The molecule has 8 heteroatoms. The summed E-state index contributed by atoms with van der Waals surface area (Å²) in [5, 5.41) is 6.13. The van der Waals surface area contributed by atoms with Crippen molar-refractivity contribution in [1.29, 1.82) is 0 Å². The Morgan fingerprint density at radius 3 is 2.89 bits per heavy atom. The Kier molecular flexibility index (Phi) is 2.80. The molecule has 0 saturated heterocycles. The minimum atomic E-state index is 0.345. The fourth-order valence-corrected chi connectivity index (χ4v) is 2.27. The van der Waals surface area contributed by atoms with Gasteiger partial charge in [0.05, 0.1) is 0 Å². The molecule has 0 amide bonds. The van der Waals surface area contributed by atoms with Crippen molar-refractivity contribution in [3.63, 3.8) is 0 Å². The van der Waals surface area contributed by atoms with Gasteiger partial charge in [-0.1, -0.05) is 5.16 Å². The molecule has 90 valence electrons. The maximum absolute atomic E-state index is 5.56. The summed E-state index contributed by atoms with van der Waals surface area (Å²) >= 11 is 4.66. The fourth-order valence-electron chi connectivity index (χ4n) is 1.36. The highest BCUT2D eigenvalue weighted by Crippen LogP contribution is 2.25. The summed E-state index contributed by atoms with van der Waals surface area (Å²) in [6.45, 7) is 0. The van der Waals surface area contributed by atoms with E-state index in [1.54, 1.807) is 17.8 Å². The van der Waals surface area contributed by atoms with Gasteiger partial charge in [-0.25, -0.2) is 4.98 Å². The lowest BCUT2D eigenvalue weighted by Gasteiger charge is -1.93. The van der Waals surface area contributed by atoms with Crippen molar-refractivity contribution in [3.05, 3.63) is 28.3 Å². The van der Waals surface area contributed by atoms with E-state index in [0.29, 0.717) is 22.5 Å². The predicted octanol–water partition coefficient (Wildman–Crippen LogP) is 2.60. The van der Waals surface area contributed by atoms with Crippen molar-refractivity contribution < 1.29 is 4.52 Å². The number of thiazole rings is 1. The zero-order valence-corrected chi connectivity index (χ0v) is 11.3. The van der Waals surface area contributed by atoms with Crippen LogP contribution in [-0.4, -0.2) is 20.1 Å². The Labute approximate surface area is 114 Å². The van der Waals surface area contributed by atoms with Gasteiger partial charge in [-0.2, -0.15) is 4.98 Å². The Morgan fingerprint density at radius 2 is 2.17 bits per heavy atom. The third-order valence-corrected chi connectivity index (χ3v) is 3.24. The Balaban J connectivity index is 1.99. The maximum Gasteiger partial charge on any atom is 0.277 e. The molecule has 3 heterocycles. The van der Waals surface area contributed by atoms with Crippen LogP contribution in [0.5, 0.6) is 0 Å². The van der Waals surface area contributed by atoms with Gasteiger partial charge in [0.2, 0.25) is 5.82 Å². The van der Waals surface area contributed by atoms with E-state index in [4.69, 9.17) is 10.3 Å². The first kappa shape index (κ1) is 11.3. The molecule has 0 aliphatic rings. The summed E-state index contributed by atoms with van der Waals surface area (Å²) in [6.07, 6.45) is 3.35. The Morgan fingerprint density at radius 1 is 1.28 bits per heavy atom. The molecule has 0 radical (unpaired) electrons. The highest BCUT2D eigenvalue weighted by molar-refractivity contribution is 9.10. The van der Waals surface area contributed by atoms with E-state index >= 15 is 0 Å². The van der Waals surface area contributed by atoms with E-state index in [0.717, 1.165) is 10.0 Å². The fraction of sp³-hybridized carbons (Fsp3) is 0. The number of hydrogen-bond donors (Lipinski definition) is 1. The van der Waals surface area contributed by atoms with Crippen LogP contribution < -0.4 is 5.73 Å². The molecule has 0 aliphatic heterocycles. The topological polar surface area (TPSA) is 90.7 Å². The summed E-state index contributed by atoms with van der Waals surface area (Å²) in [7, 11) is 0. The summed E-state index contributed by atoms with van der Waals surface area (Å²) in [6, 6.07) is 1.86. The van der Waals surface area contributed by atoms with Crippen LogP contribution in [0.2, 0.25) is 0 Å². The van der Waals surface area contributed by atoms with E-state index in [1.165, 1.54) is 11.3 Å². The van der Waals surface area contributed by atoms with Crippen molar-refractivity contribution >= 4 is 32.4 Å². The normalized spacial score (nSPS) is 10.7. The Hall–Kier alpha value is -1.80. The number of anilines is 1. The van der Waals surface area contributed by atoms with Gasteiger partial charge in [0, 0.05) is 27.8 Å². The van der Waals surface area contributed by atoms with Gasteiger partial charge in [0.25, 0.3) is 5.89 Å². The smallest absolute Gasteiger partial charge is 0.277 e. The summed E-state index contributed by atoms with van der Waals surface area (Å²) < 4.78 is 5.99. The molecule has 0 spiro atoms. The molecule has 3 rings (SSSR count). The zero-order valence-electron chi connectivity index (χ0n) is 8.87. The van der Waals surface area contributed by atoms with Crippen molar-refractivity contribution in [2.75, 3.05) is 5.73 Å². The third-order valence-electron chi connectivity index (χ3n) is 2.13. The van der Waals surface area contributed by atoms with Crippen LogP contribution in [0.3, 0.4) is 0 Å². The van der Waals surface area contributed by atoms with Gasteiger partial charge in [-0.3, -0.25) is 4.98 Å². The van der Waals surface area contributed by atoms with Crippen molar-refractivity contribution in [2.24, 2.45) is 0 Å². The second-order valence-electron chi connectivity index (χ2n) is 3.39. The number of halogens is 1. The monoisotopic (exact) mass is 323 g/mol. The molecule has 0 unspecified atom stereocenters. The molecular weight excluding hydrogens is 318 g/mol. The zero-order chi connectivity index (χ0) is 12.5. The highest BCUT2D eigenvalue weighted by atomic mass is 79.9. The van der Waals surface area contributed by atoms with Crippen molar-refractivity contribution in [2.45, 2.75) is 0 Å². The molecular formula is C10H6BrN5OS. The number of nitrogens with zero attached hydrogens (tertiary/aromatic N) is 4. The maximum atomic E-state index is 5.56. The van der Waals surface area contributed by atoms with Gasteiger partial charge < -0.3 is 10.3 Å². The predicted molar refractivity (Wildman–Crippen MR) is 70.7 cm³/mol. The number of aromatic nitrogens is 4. The molecule has 0 fully saturated rings. The molecule has 6 nitrogen and oxygen atoms in total. The SMILES string of the molecule is Nc1nc(-c2nc(-c3cncc(Br)c3)no2)cs1. The minimum absolute atomic E-state index is 0.345. The van der Waals surface area contributed by atoms with Crippen LogP contribution in [0.15, 0.2) is 32.8 Å². The number of nitrogen functional groups attached to an aromatic ring is 1. The van der Waals surface area contributed by atoms with Gasteiger partial charge >= 0.3 is 0 Å². The molecule has 0 bridgehead atoms. The molecule has 0 aliphatic carbocycles. The van der Waals surface area contributed by atoms with Crippen molar-refractivity contribution in [3.8, 4) is 23.0 Å². The first-order chi connectivity index (χ1) is 8.72. The van der Waals surface area contributed by atoms with Crippen LogP contribution in [0.25, 0.3) is 23.0 Å². The van der Waals surface area contributed by atoms with Crippen molar-refractivity contribution in [1.82, 2.24) is 20.1 Å². The van der Waals surface area contributed by atoms with E-state index in [2.05, 4.69) is 36.0 Å². The first-order valence-electron chi connectivity index (χ1n) is 4.88. The number of rotatable bonds is 2. The van der Waals surface area contributed by atoms with Crippen LogP contribution in [0.1, 0.15) is 0 Å². The molecule has 2 N–H and O–H groups in total. The summed E-state index contributed by atoms with van der Waals surface area (Å²) in [4.78, 5) is 12.4. The number of hydrogen-bond acceptors (Lipinski definition) is 7. The average Bonchev–Trinajstić information content (AvgIpc) is 2.97. The number of pyridine rings is 1. The summed E-state index contributed by atoms with van der Waals surface area (Å²) in [5.41, 5.74) is 6.90. The molecule has 3 aromatic heterocycles. The van der Waals surface area contributed by atoms with E-state index in [1.807, 2.05) is 6.07 Å². The van der Waals surface area contributed by atoms with Crippen LogP contribution in [0, 0.1) is 0 Å². The first-order valence-corrected chi connectivity index (χ1v) is 6.55. The lowest BCUT2D eigenvalue weighted by molar-refractivity contribution is 0.431. The van der Waals surface area contributed by atoms with Crippen LogP contribution in [-0.2, 0) is 0 Å².